The van der Waals surface area contributed by atoms with Gasteiger partial charge in [0.05, 0.1) is 0 Å². The van der Waals surface area contributed by atoms with Crippen molar-refractivity contribution >= 4 is 57.9 Å². The van der Waals surface area contributed by atoms with Gasteiger partial charge in [-0.05, 0) is 41.3 Å². The van der Waals surface area contributed by atoms with Gasteiger partial charge in [-0.25, -0.2) is 0 Å². The first-order valence-corrected chi connectivity index (χ1v) is 15.1. The summed E-state index contributed by atoms with van der Waals surface area (Å²) in [5, 5.41) is 5.94. The van der Waals surface area contributed by atoms with Gasteiger partial charge in [0.25, 0.3) is 0 Å². The number of benzene rings is 2. The van der Waals surface area contributed by atoms with Crippen molar-refractivity contribution in [2.45, 2.75) is 32.2 Å². The predicted octanol–water partition coefficient (Wildman–Crippen LogP) is 7.17. The first-order valence-electron chi connectivity index (χ1n) is 10.4. The Kier molecular flexibility index (Phi) is 4.84. The molecule has 0 saturated carbocycles. The molecule has 1 nitrogen and oxygen atoms in total. The van der Waals surface area contributed by atoms with Gasteiger partial charge in [0, 0.05) is 30.9 Å². The Morgan fingerprint density at radius 1 is 1.17 bits per heavy atom. The molecule has 0 amide bonds. The number of hydrogen-bond acceptors (Lipinski definition) is 3. The van der Waals surface area contributed by atoms with E-state index in [0.29, 0.717) is 11.9 Å². The van der Waals surface area contributed by atoms with E-state index in [1.54, 1.807) is 5.20 Å². The maximum absolute atomic E-state index is 6.35. The number of aryl methyl sites for hydroxylation is 1. The molecule has 2 heterocycles. The molecular weight excluding hydrogens is 421 g/mol. The van der Waals surface area contributed by atoms with Crippen LogP contribution in [0.15, 0.2) is 66.1 Å². The van der Waals surface area contributed by atoms with Crippen LogP contribution in [0.25, 0.3) is 21.5 Å². The van der Waals surface area contributed by atoms with Crippen LogP contribution in [0.5, 0.6) is 5.75 Å². The fourth-order valence-electron chi connectivity index (χ4n) is 4.74. The molecule has 0 fully saturated rings. The molecule has 1 aliphatic carbocycles. The lowest BCUT2D eigenvalue weighted by Crippen LogP contribution is -2.44. The van der Waals surface area contributed by atoms with Gasteiger partial charge in [-0.15, -0.1) is 23.1 Å². The third-order valence-electron chi connectivity index (χ3n) is 6.07. The summed E-state index contributed by atoms with van der Waals surface area (Å²) >= 11 is 3.99. The van der Waals surface area contributed by atoms with Crippen LogP contribution in [0, 0.1) is 6.92 Å². The van der Waals surface area contributed by atoms with Crippen molar-refractivity contribution in [3.63, 3.8) is 0 Å². The molecule has 1 aliphatic heterocycles. The van der Waals surface area contributed by atoms with Gasteiger partial charge in [0.15, 0.2) is 0 Å². The monoisotopic (exact) mass is 446 g/mol. The molecule has 2 aromatic carbocycles. The van der Waals surface area contributed by atoms with Crippen molar-refractivity contribution in [1.82, 2.24) is 0 Å². The van der Waals surface area contributed by atoms with Crippen LogP contribution in [0.1, 0.15) is 22.2 Å². The van der Waals surface area contributed by atoms with E-state index >= 15 is 0 Å². The Hall–Kier alpha value is -2.01. The summed E-state index contributed by atoms with van der Waals surface area (Å²) in [6.45, 7) is 13.9. The maximum atomic E-state index is 6.35. The number of allylic oxidation sites excluding steroid dienone is 1. The Bertz CT molecular complexity index is 1250. The van der Waals surface area contributed by atoms with Crippen molar-refractivity contribution in [3.05, 3.63) is 81.4 Å². The number of rotatable bonds is 5. The molecule has 0 radical (unpaired) electrons. The Labute approximate surface area is 188 Å². The predicted molar refractivity (Wildman–Crippen MR) is 138 cm³/mol. The summed E-state index contributed by atoms with van der Waals surface area (Å²) in [4.78, 5) is 4.41. The number of thiophene rings is 1. The van der Waals surface area contributed by atoms with Crippen LogP contribution < -0.4 is 9.92 Å². The zero-order chi connectivity index (χ0) is 21.0. The quantitative estimate of drug-likeness (QED) is 0.303. The average Bonchev–Trinajstić information content (AvgIpc) is 3.34. The van der Waals surface area contributed by atoms with Crippen LogP contribution in [0.3, 0.4) is 0 Å². The largest absolute Gasteiger partial charge is 0.489 e. The summed E-state index contributed by atoms with van der Waals surface area (Å²) in [5.41, 5.74) is 2.92. The smallest absolute Gasteiger partial charge is 0.127 e. The normalized spacial score (nSPS) is 17.9. The second kappa shape index (κ2) is 7.29. The number of thioether (sulfide) groups is 1. The van der Waals surface area contributed by atoms with E-state index in [-0.39, 0.29) is 0 Å². The summed E-state index contributed by atoms with van der Waals surface area (Å²) in [6, 6.07) is 15.5. The molecule has 0 spiro atoms. The van der Waals surface area contributed by atoms with Crippen molar-refractivity contribution in [1.29, 1.82) is 0 Å². The summed E-state index contributed by atoms with van der Waals surface area (Å²) in [7, 11) is -2.04. The molecule has 5 rings (SSSR count). The van der Waals surface area contributed by atoms with Crippen LogP contribution in [-0.4, -0.2) is 19.9 Å². The minimum absolute atomic E-state index is 0.525. The maximum Gasteiger partial charge on any atom is 0.127 e. The van der Waals surface area contributed by atoms with E-state index in [1.807, 2.05) is 29.2 Å². The zero-order valence-electron chi connectivity index (χ0n) is 17.9. The highest BCUT2D eigenvalue weighted by Crippen LogP contribution is 2.57. The topological polar surface area (TPSA) is 9.23 Å². The Balaban J connectivity index is 1.75. The summed E-state index contributed by atoms with van der Waals surface area (Å²) in [6.07, 6.45) is 4.30. The lowest BCUT2D eigenvalue weighted by molar-refractivity contribution is 0.370. The summed E-state index contributed by atoms with van der Waals surface area (Å²) < 4.78 is 6.35. The van der Waals surface area contributed by atoms with E-state index in [2.05, 4.69) is 82.1 Å². The molecule has 1 unspecified atom stereocenters. The van der Waals surface area contributed by atoms with Gasteiger partial charge >= 0.3 is 0 Å². The number of hydrogen-bond donors (Lipinski definition) is 0. The van der Waals surface area contributed by atoms with Crippen molar-refractivity contribution in [2.24, 2.45) is 0 Å². The van der Waals surface area contributed by atoms with Crippen molar-refractivity contribution in [3.8, 4) is 5.75 Å². The van der Waals surface area contributed by atoms with E-state index in [1.165, 1.54) is 41.8 Å². The summed E-state index contributed by atoms with van der Waals surface area (Å²) in [5.74, 6) is 1.04. The highest BCUT2D eigenvalue weighted by molar-refractivity contribution is 8.05. The van der Waals surface area contributed by atoms with Gasteiger partial charge in [0.1, 0.15) is 20.4 Å². The molecule has 4 heteroatoms. The second-order valence-corrected chi connectivity index (χ2v) is 15.5. The molecule has 0 bridgehead atoms. The number of ether oxygens (including phenoxy) is 1. The number of fused-ring (bicyclic) bond motifs is 4. The first kappa shape index (κ1) is 19.9. The average molecular weight is 447 g/mol. The molecule has 152 valence electrons. The van der Waals surface area contributed by atoms with Gasteiger partial charge in [-0.1, -0.05) is 68.2 Å². The van der Waals surface area contributed by atoms with Crippen LogP contribution in [0.4, 0.5) is 0 Å². The molecule has 0 N–H and O–H groups in total. The minimum Gasteiger partial charge on any atom is -0.489 e. The van der Waals surface area contributed by atoms with E-state index in [0.717, 1.165) is 5.75 Å². The Morgan fingerprint density at radius 2 is 1.97 bits per heavy atom. The minimum atomic E-state index is -2.04. The van der Waals surface area contributed by atoms with Crippen molar-refractivity contribution in [2.75, 3.05) is 6.61 Å². The highest BCUT2D eigenvalue weighted by Gasteiger charge is 2.43. The SMILES string of the molecule is C=CCOc1c([Si](C)(C)C2=C3SC(C)C=C3c3cc(C)sc32)ccc2ccccc12. The molecule has 3 aromatic rings. The van der Waals surface area contributed by atoms with Gasteiger partial charge < -0.3 is 4.74 Å². The van der Waals surface area contributed by atoms with Crippen molar-refractivity contribution < 1.29 is 4.74 Å². The van der Waals surface area contributed by atoms with Gasteiger partial charge in [-0.2, -0.15) is 0 Å². The van der Waals surface area contributed by atoms with Crippen LogP contribution >= 0.6 is 23.1 Å². The molecular formula is C26H26OS2Si. The third-order valence-corrected chi connectivity index (χ3v) is 12.2. The first-order chi connectivity index (χ1) is 14.4. The molecule has 1 aromatic heterocycles. The third kappa shape index (κ3) is 2.96. The van der Waals surface area contributed by atoms with Crippen LogP contribution in [-0.2, 0) is 0 Å². The van der Waals surface area contributed by atoms with Gasteiger partial charge in [-0.3, -0.25) is 0 Å². The zero-order valence-corrected chi connectivity index (χ0v) is 20.5. The van der Waals surface area contributed by atoms with E-state index in [4.69, 9.17) is 4.74 Å². The van der Waals surface area contributed by atoms with E-state index < -0.39 is 8.07 Å². The fourth-order valence-corrected chi connectivity index (χ4v) is 11.7. The lowest BCUT2D eigenvalue weighted by Gasteiger charge is -2.29. The highest BCUT2D eigenvalue weighted by atomic mass is 32.2. The lowest BCUT2D eigenvalue weighted by atomic mass is 10.1. The fraction of sp³-hybridized carbons (Fsp3) is 0.231. The molecule has 1 atom stereocenters. The standard InChI is InChI=1S/C26H26OS2Si/c1-6-13-27-23-19-10-8-7-9-18(19)11-12-22(23)30(4,5)26-24-20(14-16(2)28-24)21-15-17(3)29-25(21)26/h6-12,14-16H,1,13H2,2-5H3. The molecule has 2 aliphatic rings. The molecule has 0 saturated heterocycles. The van der Waals surface area contributed by atoms with E-state index in [9.17, 15) is 0 Å². The molecule has 30 heavy (non-hydrogen) atoms. The van der Waals surface area contributed by atoms with Gasteiger partial charge in [0.2, 0.25) is 0 Å². The second-order valence-electron chi connectivity index (χ2n) is 8.60. The van der Waals surface area contributed by atoms with Crippen LogP contribution in [0.2, 0.25) is 13.1 Å². The Morgan fingerprint density at radius 3 is 2.77 bits per heavy atom.